The van der Waals surface area contributed by atoms with E-state index in [0.29, 0.717) is 16.5 Å². The molecule has 0 aliphatic carbocycles. The number of hydrogen-bond acceptors (Lipinski definition) is 2. The SMILES string of the molecule is Cc1ccc(CC(=O)N(Cc2ccc(Cl)cc2Cl)[C@@H](Cc2ccccc2)C(=O)NC(C)(C)C)cc1C. The van der Waals surface area contributed by atoms with E-state index in [4.69, 9.17) is 23.2 Å². The summed E-state index contributed by atoms with van der Waals surface area (Å²) < 4.78 is 0. The molecule has 0 aliphatic rings. The minimum absolute atomic E-state index is 0.144. The van der Waals surface area contributed by atoms with E-state index in [9.17, 15) is 9.59 Å². The fraction of sp³-hybridized carbons (Fsp3) is 0.333. The molecule has 6 heteroatoms. The van der Waals surface area contributed by atoms with E-state index in [1.807, 2.05) is 89.2 Å². The van der Waals surface area contributed by atoms with Crippen molar-refractivity contribution in [1.82, 2.24) is 10.2 Å². The number of nitrogens with zero attached hydrogens (tertiary/aromatic N) is 1. The van der Waals surface area contributed by atoms with E-state index in [0.717, 1.165) is 22.3 Å². The summed E-state index contributed by atoms with van der Waals surface area (Å²) in [6, 6.07) is 20.3. The molecule has 0 unspecified atom stereocenters. The first-order valence-corrected chi connectivity index (χ1v) is 12.8. The Bertz CT molecular complexity index is 1220. The van der Waals surface area contributed by atoms with E-state index in [-0.39, 0.29) is 24.8 Å². The number of aryl methyl sites for hydroxylation is 2. The predicted molar refractivity (Wildman–Crippen MR) is 148 cm³/mol. The van der Waals surface area contributed by atoms with Gasteiger partial charge in [-0.3, -0.25) is 9.59 Å². The molecule has 0 bridgehead atoms. The van der Waals surface area contributed by atoms with Gasteiger partial charge in [0.05, 0.1) is 6.42 Å². The molecule has 1 atom stereocenters. The number of amides is 2. The average molecular weight is 526 g/mol. The Balaban J connectivity index is 2.03. The molecule has 36 heavy (non-hydrogen) atoms. The van der Waals surface area contributed by atoms with Gasteiger partial charge in [-0.1, -0.05) is 77.8 Å². The van der Waals surface area contributed by atoms with Gasteiger partial charge < -0.3 is 10.2 Å². The number of carbonyl (C=O) groups excluding carboxylic acids is 2. The lowest BCUT2D eigenvalue weighted by Gasteiger charge is -2.34. The maximum absolute atomic E-state index is 13.9. The zero-order valence-corrected chi connectivity index (χ0v) is 23.1. The van der Waals surface area contributed by atoms with Crippen molar-refractivity contribution in [2.75, 3.05) is 0 Å². The molecule has 3 aromatic rings. The average Bonchev–Trinajstić information content (AvgIpc) is 2.79. The van der Waals surface area contributed by atoms with E-state index >= 15 is 0 Å². The second kappa shape index (κ2) is 11.9. The Kier molecular flexibility index (Phi) is 9.21. The maximum atomic E-state index is 13.9. The smallest absolute Gasteiger partial charge is 0.243 e. The predicted octanol–water partition coefficient (Wildman–Crippen LogP) is 6.71. The summed E-state index contributed by atoms with van der Waals surface area (Å²) in [5.41, 5.74) is 4.45. The molecule has 0 saturated heterocycles. The Labute approximate surface area is 224 Å². The number of halogens is 2. The summed E-state index contributed by atoms with van der Waals surface area (Å²) in [4.78, 5) is 29.2. The van der Waals surface area contributed by atoms with Crippen LogP contribution in [-0.4, -0.2) is 28.3 Å². The molecule has 0 fully saturated rings. The molecule has 2 amide bonds. The molecule has 3 aromatic carbocycles. The van der Waals surface area contributed by atoms with Crippen LogP contribution in [0.5, 0.6) is 0 Å². The van der Waals surface area contributed by atoms with Gasteiger partial charge in [-0.25, -0.2) is 0 Å². The van der Waals surface area contributed by atoms with Gasteiger partial charge in [0.25, 0.3) is 0 Å². The first-order chi connectivity index (χ1) is 16.9. The largest absolute Gasteiger partial charge is 0.350 e. The van der Waals surface area contributed by atoms with E-state index in [1.54, 1.807) is 17.0 Å². The molecule has 4 nitrogen and oxygen atoms in total. The van der Waals surface area contributed by atoms with Crippen molar-refractivity contribution in [1.29, 1.82) is 0 Å². The molecule has 0 radical (unpaired) electrons. The van der Waals surface area contributed by atoms with E-state index < -0.39 is 11.6 Å². The third kappa shape index (κ3) is 7.84. The molecule has 0 spiro atoms. The van der Waals surface area contributed by atoms with Gasteiger partial charge in [-0.2, -0.15) is 0 Å². The molecule has 0 heterocycles. The summed E-state index contributed by atoms with van der Waals surface area (Å²) in [5.74, 6) is -0.348. The quantitative estimate of drug-likeness (QED) is 0.356. The van der Waals surface area contributed by atoms with Crippen LogP contribution < -0.4 is 5.32 Å². The van der Waals surface area contributed by atoms with Crippen LogP contribution in [0, 0.1) is 13.8 Å². The molecule has 0 aliphatic heterocycles. The first-order valence-electron chi connectivity index (χ1n) is 12.1. The van der Waals surface area contributed by atoms with Crippen molar-refractivity contribution in [3.63, 3.8) is 0 Å². The van der Waals surface area contributed by atoms with Crippen LogP contribution >= 0.6 is 23.2 Å². The highest BCUT2D eigenvalue weighted by atomic mass is 35.5. The topological polar surface area (TPSA) is 49.4 Å². The number of carbonyl (C=O) groups is 2. The van der Waals surface area contributed by atoms with Gasteiger partial charge in [-0.05, 0) is 74.6 Å². The van der Waals surface area contributed by atoms with Crippen molar-refractivity contribution < 1.29 is 9.59 Å². The minimum atomic E-state index is -0.725. The fourth-order valence-corrected chi connectivity index (χ4v) is 4.50. The van der Waals surface area contributed by atoms with Crippen molar-refractivity contribution in [2.45, 2.75) is 65.6 Å². The lowest BCUT2D eigenvalue weighted by Crippen LogP contribution is -2.54. The number of benzene rings is 3. The van der Waals surface area contributed by atoms with Crippen LogP contribution in [0.3, 0.4) is 0 Å². The zero-order valence-electron chi connectivity index (χ0n) is 21.6. The fourth-order valence-electron chi connectivity index (χ4n) is 4.03. The van der Waals surface area contributed by atoms with Crippen LogP contribution in [-0.2, 0) is 29.0 Å². The normalized spacial score (nSPS) is 12.2. The standard InChI is InChI=1S/C30H34Cl2N2O2/c1-20-11-12-23(15-21(20)2)17-28(35)34(19-24-13-14-25(31)18-26(24)32)27(29(36)33-30(3,4)5)16-22-9-7-6-8-10-22/h6-15,18,27H,16-17,19H2,1-5H3,(H,33,36)/t27-/m0/s1. The summed E-state index contributed by atoms with van der Waals surface area (Å²) in [7, 11) is 0. The van der Waals surface area contributed by atoms with Crippen molar-refractivity contribution in [3.05, 3.63) is 105 Å². The highest BCUT2D eigenvalue weighted by molar-refractivity contribution is 6.35. The monoisotopic (exact) mass is 524 g/mol. The second-order valence-corrected chi connectivity index (χ2v) is 11.1. The van der Waals surface area contributed by atoms with Gasteiger partial charge in [0.15, 0.2) is 0 Å². The van der Waals surface area contributed by atoms with Crippen LogP contribution in [0.4, 0.5) is 0 Å². The Hall–Kier alpha value is -2.82. The van der Waals surface area contributed by atoms with E-state index in [2.05, 4.69) is 5.32 Å². The second-order valence-electron chi connectivity index (χ2n) is 10.3. The number of nitrogens with one attached hydrogen (secondary N) is 1. The van der Waals surface area contributed by atoms with Crippen LogP contribution in [0.15, 0.2) is 66.7 Å². The van der Waals surface area contributed by atoms with Gasteiger partial charge in [0.2, 0.25) is 11.8 Å². The highest BCUT2D eigenvalue weighted by Gasteiger charge is 2.32. The van der Waals surface area contributed by atoms with Crippen molar-refractivity contribution in [2.24, 2.45) is 0 Å². The molecule has 0 saturated carbocycles. The van der Waals surface area contributed by atoms with Crippen molar-refractivity contribution >= 4 is 35.0 Å². The number of hydrogen-bond donors (Lipinski definition) is 1. The number of rotatable bonds is 8. The lowest BCUT2D eigenvalue weighted by atomic mass is 9.99. The van der Waals surface area contributed by atoms with Crippen molar-refractivity contribution in [3.8, 4) is 0 Å². The Morgan fingerprint density at radius 3 is 2.19 bits per heavy atom. The molecule has 190 valence electrons. The Morgan fingerprint density at radius 2 is 1.58 bits per heavy atom. The van der Waals surface area contributed by atoms with Gasteiger partial charge in [-0.15, -0.1) is 0 Å². The molecule has 0 aromatic heterocycles. The van der Waals surface area contributed by atoms with Crippen LogP contribution in [0.2, 0.25) is 10.0 Å². The lowest BCUT2D eigenvalue weighted by molar-refractivity contribution is -0.141. The summed E-state index contributed by atoms with van der Waals surface area (Å²) >= 11 is 12.6. The Morgan fingerprint density at radius 1 is 0.889 bits per heavy atom. The highest BCUT2D eigenvalue weighted by Crippen LogP contribution is 2.25. The summed E-state index contributed by atoms with van der Waals surface area (Å²) in [6.45, 7) is 10.1. The van der Waals surface area contributed by atoms with Crippen LogP contribution in [0.1, 0.15) is 48.6 Å². The van der Waals surface area contributed by atoms with Gasteiger partial charge >= 0.3 is 0 Å². The van der Waals surface area contributed by atoms with Crippen LogP contribution in [0.25, 0.3) is 0 Å². The third-order valence-electron chi connectivity index (χ3n) is 6.05. The molecular formula is C30H34Cl2N2O2. The molecule has 1 N–H and O–H groups in total. The molecule has 3 rings (SSSR count). The molecular weight excluding hydrogens is 491 g/mol. The summed E-state index contributed by atoms with van der Waals surface area (Å²) in [6.07, 6.45) is 0.563. The minimum Gasteiger partial charge on any atom is -0.350 e. The zero-order chi connectivity index (χ0) is 26.5. The van der Waals surface area contributed by atoms with Gasteiger partial charge in [0.1, 0.15) is 6.04 Å². The summed E-state index contributed by atoms with van der Waals surface area (Å²) in [5, 5.41) is 4.05. The third-order valence-corrected chi connectivity index (χ3v) is 6.64. The maximum Gasteiger partial charge on any atom is 0.243 e. The first kappa shape index (κ1) is 27.8. The van der Waals surface area contributed by atoms with E-state index in [1.165, 1.54) is 5.56 Å². The van der Waals surface area contributed by atoms with Gasteiger partial charge in [0, 0.05) is 28.5 Å².